The van der Waals surface area contributed by atoms with Crippen molar-refractivity contribution in [2.75, 3.05) is 19.7 Å². The highest BCUT2D eigenvalue weighted by molar-refractivity contribution is 5.82. The number of para-hydroxylation sites is 1. The second kappa shape index (κ2) is 7.08. The van der Waals surface area contributed by atoms with Gasteiger partial charge in [0.15, 0.2) is 12.2 Å². The van der Waals surface area contributed by atoms with Gasteiger partial charge in [-0.1, -0.05) is 25.1 Å². The minimum atomic E-state index is -1.05. The van der Waals surface area contributed by atoms with Crippen LogP contribution in [0.5, 0.6) is 5.75 Å². The van der Waals surface area contributed by atoms with Crippen LogP contribution in [-0.4, -0.2) is 53.8 Å². The number of hydrogen-bond acceptors (Lipinski definition) is 4. The molecular weight excluding hydrogens is 274 g/mol. The van der Waals surface area contributed by atoms with E-state index in [1.165, 1.54) is 4.90 Å². The molecule has 0 aromatic heterocycles. The van der Waals surface area contributed by atoms with Crippen LogP contribution in [0.4, 0.5) is 0 Å². The summed E-state index contributed by atoms with van der Waals surface area (Å²) in [6.45, 7) is 2.53. The molecule has 2 atom stereocenters. The summed E-state index contributed by atoms with van der Waals surface area (Å²) in [7, 11) is 0. The number of carbonyl (C=O) groups is 2. The van der Waals surface area contributed by atoms with E-state index in [0.29, 0.717) is 18.7 Å². The summed E-state index contributed by atoms with van der Waals surface area (Å²) in [5.74, 6) is -0.624. The van der Waals surface area contributed by atoms with Crippen molar-refractivity contribution in [3.05, 3.63) is 30.3 Å². The van der Waals surface area contributed by atoms with Crippen LogP contribution in [0.2, 0.25) is 0 Å². The first-order chi connectivity index (χ1) is 10.1. The van der Waals surface area contributed by atoms with Crippen LogP contribution in [0, 0.1) is 0 Å². The van der Waals surface area contributed by atoms with Crippen molar-refractivity contribution in [1.29, 1.82) is 0 Å². The zero-order chi connectivity index (χ0) is 15.2. The van der Waals surface area contributed by atoms with Crippen LogP contribution in [0.25, 0.3) is 0 Å². The third kappa shape index (κ3) is 3.95. The van der Waals surface area contributed by atoms with E-state index in [-0.39, 0.29) is 19.1 Å². The van der Waals surface area contributed by atoms with Gasteiger partial charge in [-0.2, -0.15) is 0 Å². The lowest BCUT2D eigenvalue weighted by Crippen LogP contribution is -2.52. The normalized spacial score (nSPS) is 19.9. The predicted octanol–water partition coefficient (Wildman–Crippen LogP) is 1.16. The summed E-state index contributed by atoms with van der Waals surface area (Å²) in [5, 5.41) is 8.97. The van der Waals surface area contributed by atoms with Gasteiger partial charge in [0, 0.05) is 6.54 Å². The van der Waals surface area contributed by atoms with Crippen molar-refractivity contribution in [3.8, 4) is 5.75 Å². The van der Waals surface area contributed by atoms with Crippen molar-refractivity contribution in [2.45, 2.75) is 25.6 Å². The van der Waals surface area contributed by atoms with Gasteiger partial charge in [-0.15, -0.1) is 0 Å². The number of benzene rings is 1. The van der Waals surface area contributed by atoms with E-state index in [4.69, 9.17) is 14.6 Å². The zero-order valence-electron chi connectivity index (χ0n) is 11.9. The molecule has 1 aromatic carbocycles. The molecule has 1 fully saturated rings. The molecule has 1 amide bonds. The van der Waals surface area contributed by atoms with Crippen molar-refractivity contribution in [3.63, 3.8) is 0 Å². The smallest absolute Gasteiger partial charge is 0.334 e. The Kier molecular flexibility index (Phi) is 5.16. The van der Waals surface area contributed by atoms with Gasteiger partial charge in [-0.05, 0) is 18.6 Å². The fourth-order valence-electron chi connectivity index (χ4n) is 2.17. The second-order valence-corrected chi connectivity index (χ2v) is 4.81. The largest absolute Gasteiger partial charge is 0.481 e. The number of nitrogens with zero attached hydrogens (tertiary/aromatic N) is 1. The lowest BCUT2D eigenvalue weighted by molar-refractivity contribution is -0.161. The molecule has 21 heavy (non-hydrogen) atoms. The average molecular weight is 293 g/mol. The number of carbonyl (C=O) groups excluding carboxylic acids is 1. The third-order valence-corrected chi connectivity index (χ3v) is 3.32. The van der Waals surface area contributed by atoms with Crippen LogP contribution in [0.1, 0.15) is 13.3 Å². The fourth-order valence-corrected chi connectivity index (χ4v) is 2.17. The zero-order valence-corrected chi connectivity index (χ0v) is 11.9. The monoisotopic (exact) mass is 293 g/mol. The summed E-state index contributed by atoms with van der Waals surface area (Å²) in [6.07, 6.45) is -1.06. The first-order valence-corrected chi connectivity index (χ1v) is 6.96. The summed E-state index contributed by atoms with van der Waals surface area (Å²) in [6, 6.07) is 9.11. The van der Waals surface area contributed by atoms with Crippen LogP contribution in [0.15, 0.2) is 30.3 Å². The maximum Gasteiger partial charge on any atom is 0.334 e. The van der Waals surface area contributed by atoms with Crippen molar-refractivity contribution in [1.82, 2.24) is 4.90 Å². The van der Waals surface area contributed by atoms with E-state index in [2.05, 4.69) is 0 Å². The van der Waals surface area contributed by atoms with Crippen LogP contribution in [0.3, 0.4) is 0 Å². The van der Waals surface area contributed by atoms with E-state index in [0.717, 1.165) is 0 Å². The molecule has 1 aromatic rings. The van der Waals surface area contributed by atoms with Gasteiger partial charge in [-0.3, -0.25) is 4.79 Å². The molecule has 1 aliphatic heterocycles. The average Bonchev–Trinajstić information content (AvgIpc) is 2.53. The van der Waals surface area contributed by atoms with E-state index in [1.54, 1.807) is 12.1 Å². The maximum absolute atomic E-state index is 12.5. The van der Waals surface area contributed by atoms with Gasteiger partial charge < -0.3 is 19.5 Å². The van der Waals surface area contributed by atoms with Gasteiger partial charge in [0.2, 0.25) is 0 Å². The standard InChI is InChI=1S/C15H19NO5/c1-2-12(21-11-6-4-3-5-7-11)14(17)16-8-9-20-13(10-16)15(18)19/h3-7,12-13H,2,8-10H2,1H3,(H,18,19). The Labute approximate surface area is 123 Å². The minimum Gasteiger partial charge on any atom is -0.481 e. The Morgan fingerprint density at radius 2 is 2.14 bits per heavy atom. The molecule has 0 aliphatic carbocycles. The van der Waals surface area contributed by atoms with E-state index in [9.17, 15) is 9.59 Å². The SMILES string of the molecule is CCC(Oc1ccccc1)C(=O)N1CCOC(C(=O)O)C1. The summed E-state index contributed by atoms with van der Waals surface area (Å²) >= 11 is 0. The highest BCUT2D eigenvalue weighted by Crippen LogP contribution is 2.15. The fraction of sp³-hybridized carbons (Fsp3) is 0.467. The topological polar surface area (TPSA) is 76.1 Å². The molecule has 0 spiro atoms. The molecule has 0 saturated carbocycles. The molecule has 1 heterocycles. The van der Waals surface area contributed by atoms with Gasteiger partial charge in [0.05, 0.1) is 13.2 Å². The molecule has 6 heteroatoms. The Balaban J connectivity index is 2.00. The summed E-state index contributed by atoms with van der Waals surface area (Å²) < 4.78 is 10.8. The lowest BCUT2D eigenvalue weighted by atomic mass is 10.2. The van der Waals surface area contributed by atoms with E-state index < -0.39 is 18.2 Å². The maximum atomic E-state index is 12.5. The molecule has 1 N–H and O–H groups in total. The van der Waals surface area contributed by atoms with Crippen molar-refractivity contribution in [2.24, 2.45) is 0 Å². The molecule has 6 nitrogen and oxygen atoms in total. The Morgan fingerprint density at radius 1 is 1.43 bits per heavy atom. The van der Waals surface area contributed by atoms with Crippen LogP contribution < -0.4 is 4.74 Å². The lowest BCUT2D eigenvalue weighted by Gasteiger charge is -2.33. The molecular formula is C15H19NO5. The number of morpholine rings is 1. The summed E-state index contributed by atoms with van der Waals surface area (Å²) in [5.41, 5.74) is 0. The quantitative estimate of drug-likeness (QED) is 0.881. The van der Waals surface area contributed by atoms with Gasteiger partial charge in [0.25, 0.3) is 5.91 Å². The summed E-state index contributed by atoms with van der Waals surface area (Å²) in [4.78, 5) is 24.9. The second-order valence-electron chi connectivity index (χ2n) is 4.81. The number of hydrogen-bond donors (Lipinski definition) is 1. The number of amides is 1. The third-order valence-electron chi connectivity index (χ3n) is 3.32. The number of carboxylic acids is 1. The first-order valence-electron chi connectivity index (χ1n) is 6.96. The Bertz CT molecular complexity index is 490. The van der Waals surface area contributed by atoms with Crippen LogP contribution >= 0.6 is 0 Å². The number of aliphatic carboxylic acids is 1. The van der Waals surface area contributed by atoms with Gasteiger partial charge >= 0.3 is 5.97 Å². The molecule has 0 radical (unpaired) electrons. The van der Waals surface area contributed by atoms with Gasteiger partial charge in [0.1, 0.15) is 5.75 Å². The predicted molar refractivity (Wildman–Crippen MR) is 75.1 cm³/mol. The van der Waals surface area contributed by atoms with E-state index >= 15 is 0 Å². The Morgan fingerprint density at radius 3 is 2.76 bits per heavy atom. The molecule has 114 valence electrons. The first kappa shape index (κ1) is 15.3. The molecule has 1 saturated heterocycles. The minimum absolute atomic E-state index is 0.0583. The van der Waals surface area contributed by atoms with Gasteiger partial charge in [-0.25, -0.2) is 4.79 Å². The molecule has 2 unspecified atom stereocenters. The number of ether oxygens (including phenoxy) is 2. The Hall–Kier alpha value is -2.08. The van der Waals surface area contributed by atoms with E-state index in [1.807, 2.05) is 25.1 Å². The molecule has 1 aliphatic rings. The highest BCUT2D eigenvalue weighted by atomic mass is 16.5. The molecule has 0 bridgehead atoms. The number of rotatable bonds is 5. The molecule has 2 rings (SSSR count). The van der Waals surface area contributed by atoms with Crippen molar-refractivity contribution < 1.29 is 24.2 Å². The van der Waals surface area contributed by atoms with Crippen molar-refractivity contribution >= 4 is 11.9 Å². The highest BCUT2D eigenvalue weighted by Gasteiger charge is 2.32. The number of carboxylic acid groups (broad SMARTS) is 1. The van der Waals surface area contributed by atoms with Crippen LogP contribution in [-0.2, 0) is 14.3 Å².